The quantitative estimate of drug-likeness (QED) is 0.0887. The van der Waals surface area contributed by atoms with Crippen molar-refractivity contribution in [1.29, 1.82) is 0 Å². The number of fused-ring (bicyclic) bond motifs is 2. The Morgan fingerprint density at radius 2 is 0.939 bits per heavy atom. The Morgan fingerprint density at radius 3 is 1.45 bits per heavy atom. The first-order valence-electron chi connectivity index (χ1n) is 18.1. The monoisotopic (exact) mass is 686 g/mol. The summed E-state index contributed by atoms with van der Waals surface area (Å²) in [6, 6.07) is 13.7. The molecule has 1 N–H and O–H groups in total. The molecule has 1 aliphatic rings. The van der Waals surface area contributed by atoms with Crippen LogP contribution in [0.1, 0.15) is 69.8 Å². The summed E-state index contributed by atoms with van der Waals surface area (Å²) < 4.78 is 46.5. The van der Waals surface area contributed by atoms with Gasteiger partial charge in [0.15, 0.2) is 23.0 Å². The normalized spacial score (nSPS) is 15.8. The van der Waals surface area contributed by atoms with Gasteiger partial charge in [0.25, 0.3) is 0 Å². The SMILES string of the molecule is [N-]=[N+]=NCCCCCCCCCCCCNCc1ccc2c(c1)OCCOCCOCCOc1ccccc1OCCOCCOCCO2. The lowest BCUT2D eigenvalue weighted by molar-refractivity contribution is 0.0223. The topological polar surface area (TPSA) is 135 Å². The molecule has 0 saturated heterocycles. The number of nitrogens with one attached hydrogen (secondary N) is 1. The minimum absolute atomic E-state index is 0.401. The summed E-state index contributed by atoms with van der Waals surface area (Å²) in [4.78, 5) is 2.80. The van der Waals surface area contributed by atoms with Gasteiger partial charge in [-0.3, -0.25) is 0 Å². The fourth-order valence-electron chi connectivity index (χ4n) is 5.19. The zero-order valence-corrected chi connectivity index (χ0v) is 29.3. The third kappa shape index (κ3) is 20.1. The lowest BCUT2D eigenvalue weighted by Crippen LogP contribution is -2.16. The largest absolute Gasteiger partial charge is 0.487 e. The Hall–Kier alpha value is -3.25. The molecule has 0 bridgehead atoms. The highest BCUT2D eigenvalue weighted by Gasteiger charge is 2.09. The second kappa shape index (κ2) is 28.6. The first-order valence-corrected chi connectivity index (χ1v) is 18.1. The summed E-state index contributed by atoms with van der Waals surface area (Å²) in [7, 11) is 0. The summed E-state index contributed by atoms with van der Waals surface area (Å²) in [6.07, 6.45) is 12.3. The van der Waals surface area contributed by atoms with Crippen molar-refractivity contribution < 1.29 is 37.9 Å². The van der Waals surface area contributed by atoms with E-state index in [9.17, 15) is 0 Å². The number of hydrogen-bond acceptors (Lipinski definition) is 10. The number of unbranched alkanes of at least 4 members (excludes halogenated alkanes) is 9. The van der Waals surface area contributed by atoms with E-state index in [0.717, 1.165) is 31.5 Å². The molecule has 0 spiro atoms. The molecule has 1 heterocycles. The molecule has 1 aliphatic heterocycles. The van der Waals surface area contributed by atoms with Gasteiger partial charge in [-0.25, -0.2) is 0 Å². The van der Waals surface area contributed by atoms with Gasteiger partial charge in [-0.2, -0.15) is 0 Å². The maximum atomic E-state index is 8.30. The molecule has 2 aromatic carbocycles. The molecule has 0 aromatic heterocycles. The summed E-state index contributed by atoms with van der Waals surface area (Å²) in [5, 5.41) is 7.16. The number of para-hydroxylation sites is 2. The van der Waals surface area contributed by atoms with E-state index in [-0.39, 0.29) is 0 Å². The number of rotatable bonds is 15. The summed E-state index contributed by atoms with van der Waals surface area (Å²) in [5.74, 6) is 2.74. The first-order chi connectivity index (χ1) is 24.4. The maximum Gasteiger partial charge on any atom is 0.161 e. The average molecular weight is 687 g/mol. The van der Waals surface area contributed by atoms with Gasteiger partial charge in [0.1, 0.15) is 26.4 Å². The smallest absolute Gasteiger partial charge is 0.161 e. The fraction of sp³-hybridized carbons (Fsp3) is 0.676. The zero-order valence-electron chi connectivity index (χ0n) is 29.3. The van der Waals surface area contributed by atoms with Crippen LogP contribution >= 0.6 is 0 Å². The first kappa shape index (κ1) is 40.2. The van der Waals surface area contributed by atoms with Crippen molar-refractivity contribution in [1.82, 2.24) is 5.32 Å². The minimum Gasteiger partial charge on any atom is -0.487 e. The van der Waals surface area contributed by atoms with Crippen LogP contribution in [0, 0.1) is 0 Å². The number of benzene rings is 2. The van der Waals surface area contributed by atoms with Gasteiger partial charge >= 0.3 is 0 Å². The lowest BCUT2D eigenvalue weighted by atomic mass is 10.1. The Morgan fingerprint density at radius 1 is 0.510 bits per heavy atom. The van der Waals surface area contributed by atoms with Crippen LogP contribution in [-0.4, -0.2) is 92.4 Å². The number of azide groups is 1. The molecular weight excluding hydrogens is 628 g/mol. The molecule has 2 aromatic rings. The molecule has 0 amide bonds. The molecule has 12 nitrogen and oxygen atoms in total. The van der Waals surface area contributed by atoms with Gasteiger partial charge in [-0.05, 0) is 54.7 Å². The molecule has 0 atom stereocenters. The number of nitrogens with zero attached hydrogens (tertiary/aromatic N) is 3. The van der Waals surface area contributed by atoms with Crippen molar-refractivity contribution in [2.75, 3.05) is 92.4 Å². The highest BCUT2D eigenvalue weighted by atomic mass is 16.6. The van der Waals surface area contributed by atoms with E-state index >= 15 is 0 Å². The van der Waals surface area contributed by atoms with Gasteiger partial charge < -0.3 is 43.2 Å². The van der Waals surface area contributed by atoms with Gasteiger partial charge in [0, 0.05) is 18.0 Å². The second-order valence-corrected chi connectivity index (χ2v) is 11.7. The maximum absolute atomic E-state index is 8.30. The van der Waals surface area contributed by atoms with Crippen LogP contribution in [0.3, 0.4) is 0 Å². The average Bonchev–Trinajstić information content (AvgIpc) is 3.12. The zero-order chi connectivity index (χ0) is 34.3. The lowest BCUT2D eigenvalue weighted by Gasteiger charge is -2.15. The van der Waals surface area contributed by atoms with Crippen LogP contribution in [0.4, 0.5) is 0 Å². The molecule has 0 saturated carbocycles. The molecule has 0 aliphatic carbocycles. The standard InChI is InChI=1S/C37H58N4O8/c38-41-40-18-12-8-6-4-2-1-3-5-7-11-17-39-32-33-15-16-36-37(31-33)49-30-26-45-22-21-43-24-28-47-35-14-10-9-13-34(35)46-27-23-42-19-20-44-25-29-48-36/h9-10,13-16,31,39H,1-8,11-12,17-30,32H2. The highest BCUT2D eigenvalue weighted by molar-refractivity contribution is 5.43. The Bertz CT molecular complexity index is 1150. The van der Waals surface area contributed by atoms with Gasteiger partial charge in [-0.1, -0.05) is 74.7 Å². The Kier molecular flexibility index (Phi) is 23.4. The van der Waals surface area contributed by atoms with Gasteiger partial charge in [-0.15, -0.1) is 0 Å². The van der Waals surface area contributed by atoms with Crippen molar-refractivity contribution in [3.8, 4) is 23.0 Å². The highest BCUT2D eigenvalue weighted by Crippen LogP contribution is 2.29. The Labute approximate surface area is 292 Å². The van der Waals surface area contributed by atoms with Crippen LogP contribution in [-0.2, 0) is 25.5 Å². The van der Waals surface area contributed by atoms with E-state index in [1.807, 2.05) is 36.4 Å². The molecular formula is C37H58N4O8. The van der Waals surface area contributed by atoms with E-state index in [1.165, 1.54) is 51.4 Å². The van der Waals surface area contributed by atoms with Gasteiger partial charge in [0.05, 0.1) is 52.9 Å². The second-order valence-electron chi connectivity index (χ2n) is 11.7. The molecule has 12 heteroatoms. The minimum atomic E-state index is 0.401. The van der Waals surface area contributed by atoms with Crippen molar-refractivity contribution in [2.24, 2.45) is 5.11 Å². The van der Waals surface area contributed by atoms with Crippen LogP contribution in [0.5, 0.6) is 23.0 Å². The van der Waals surface area contributed by atoms with E-state index in [4.69, 9.17) is 43.4 Å². The predicted octanol–water partition coefficient (Wildman–Crippen LogP) is 7.28. The number of ether oxygens (including phenoxy) is 8. The van der Waals surface area contributed by atoms with Crippen LogP contribution < -0.4 is 24.3 Å². The Balaban J connectivity index is 1.33. The molecule has 3 rings (SSSR count). The molecule has 49 heavy (non-hydrogen) atoms. The molecule has 0 fully saturated rings. The van der Waals surface area contributed by atoms with E-state index in [1.54, 1.807) is 0 Å². The fourth-order valence-corrected chi connectivity index (χ4v) is 5.19. The van der Waals surface area contributed by atoms with Crippen LogP contribution in [0.15, 0.2) is 47.6 Å². The molecule has 0 radical (unpaired) electrons. The van der Waals surface area contributed by atoms with E-state index in [2.05, 4.69) is 21.4 Å². The van der Waals surface area contributed by atoms with Crippen molar-refractivity contribution >= 4 is 0 Å². The van der Waals surface area contributed by atoms with Crippen molar-refractivity contribution in [2.45, 2.75) is 70.8 Å². The van der Waals surface area contributed by atoms with Crippen molar-refractivity contribution in [3.63, 3.8) is 0 Å². The summed E-state index contributed by atoms with van der Waals surface area (Å²) >= 11 is 0. The molecule has 274 valence electrons. The third-order valence-electron chi connectivity index (χ3n) is 7.80. The third-order valence-corrected chi connectivity index (χ3v) is 7.80. The van der Waals surface area contributed by atoms with Crippen molar-refractivity contribution in [3.05, 3.63) is 58.5 Å². The van der Waals surface area contributed by atoms with E-state index in [0.29, 0.717) is 109 Å². The van der Waals surface area contributed by atoms with E-state index < -0.39 is 0 Å². The van der Waals surface area contributed by atoms with Crippen LogP contribution in [0.25, 0.3) is 10.4 Å². The number of hydrogen-bond donors (Lipinski definition) is 1. The van der Waals surface area contributed by atoms with Gasteiger partial charge in [0.2, 0.25) is 0 Å². The summed E-state index contributed by atoms with van der Waals surface area (Å²) in [6.45, 7) is 7.67. The predicted molar refractivity (Wildman–Crippen MR) is 190 cm³/mol. The van der Waals surface area contributed by atoms with Crippen LogP contribution in [0.2, 0.25) is 0 Å². The molecule has 0 unspecified atom stereocenters. The summed E-state index contributed by atoms with van der Waals surface area (Å²) in [5.41, 5.74) is 9.45.